The van der Waals surface area contributed by atoms with Crippen LogP contribution >= 0.6 is 15.9 Å². The summed E-state index contributed by atoms with van der Waals surface area (Å²) in [4.78, 5) is 11.6. The lowest BCUT2D eigenvalue weighted by molar-refractivity contribution is -0.118. The third-order valence-corrected chi connectivity index (χ3v) is 3.02. The number of hydrogen-bond acceptors (Lipinski definition) is 2. The number of ether oxygens (including phenoxy) is 1. The highest BCUT2D eigenvalue weighted by Gasteiger charge is 2.08. The number of hydrogen-bond donors (Lipinski definition) is 1. The molecule has 21 heavy (non-hydrogen) atoms. The van der Waals surface area contributed by atoms with Crippen molar-refractivity contribution in [2.75, 3.05) is 11.9 Å². The molecule has 0 bridgehead atoms. The van der Waals surface area contributed by atoms with Crippen LogP contribution in [-0.2, 0) is 4.79 Å². The molecular weight excluding hydrogens is 351 g/mol. The van der Waals surface area contributed by atoms with Crippen molar-refractivity contribution in [2.45, 2.75) is 0 Å². The van der Waals surface area contributed by atoms with Gasteiger partial charge in [-0.1, -0.05) is 0 Å². The molecule has 0 aliphatic carbocycles. The fourth-order valence-corrected chi connectivity index (χ4v) is 2.02. The van der Waals surface area contributed by atoms with E-state index in [1.165, 1.54) is 18.2 Å². The minimum atomic E-state index is -0.799. The smallest absolute Gasteiger partial charge is 0.262 e. The van der Waals surface area contributed by atoms with Gasteiger partial charge < -0.3 is 10.1 Å². The van der Waals surface area contributed by atoms with Crippen LogP contribution in [0.15, 0.2) is 40.9 Å². The lowest BCUT2D eigenvalue weighted by atomic mass is 10.3. The van der Waals surface area contributed by atoms with Gasteiger partial charge in [0.05, 0.1) is 4.47 Å². The van der Waals surface area contributed by atoms with Crippen LogP contribution in [0.25, 0.3) is 0 Å². The average Bonchev–Trinajstić information content (AvgIpc) is 2.36. The number of benzene rings is 2. The fourth-order valence-electron chi connectivity index (χ4n) is 1.56. The van der Waals surface area contributed by atoms with Crippen LogP contribution < -0.4 is 10.1 Å². The summed E-state index contributed by atoms with van der Waals surface area (Å²) in [6.45, 7) is -0.387. The number of rotatable bonds is 4. The van der Waals surface area contributed by atoms with Crippen molar-refractivity contribution in [3.05, 3.63) is 58.3 Å². The van der Waals surface area contributed by atoms with Crippen molar-refractivity contribution >= 4 is 27.5 Å². The quantitative estimate of drug-likeness (QED) is 0.899. The van der Waals surface area contributed by atoms with Gasteiger partial charge in [-0.3, -0.25) is 4.79 Å². The van der Waals surface area contributed by atoms with Crippen molar-refractivity contribution < 1.29 is 22.7 Å². The maximum atomic E-state index is 13.0. The van der Waals surface area contributed by atoms with E-state index in [2.05, 4.69) is 21.2 Å². The number of amides is 1. The van der Waals surface area contributed by atoms with E-state index < -0.39 is 23.4 Å². The first-order valence-electron chi connectivity index (χ1n) is 5.78. The zero-order valence-electron chi connectivity index (χ0n) is 10.5. The highest BCUT2D eigenvalue weighted by atomic mass is 79.9. The van der Waals surface area contributed by atoms with E-state index >= 15 is 0 Å². The molecule has 0 radical (unpaired) electrons. The van der Waals surface area contributed by atoms with Gasteiger partial charge in [-0.05, 0) is 46.3 Å². The number of carbonyl (C=O) groups is 1. The predicted octanol–water partition coefficient (Wildman–Crippen LogP) is 3.88. The van der Waals surface area contributed by atoms with Crippen LogP contribution in [0.5, 0.6) is 5.75 Å². The summed E-state index contributed by atoms with van der Waals surface area (Å²) in [5.41, 5.74) is -0.0146. The standard InChI is InChI=1S/C14H9BrF3NO2/c15-12-6-8(16)1-2-13(12)21-7-14(20)19-11-4-9(17)3-10(18)5-11/h1-6H,7H2,(H,19,20). The molecule has 2 aromatic rings. The molecule has 1 N–H and O–H groups in total. The van der Waals surface area contributed by atoms with Crippen LogP contribution in [0.3, 0.4) is 0 Å². The van der Waals surface area contributed by atoms with Gasteiger partial charge in [0.15, 0.2) is 6.61 Å². The zero-order chi connectivity index (χ0) is 15.4. The molecule has 0 fully saturated rings. The Bertz CT molecular complexity index is 659. The second-order valence-corrected chi connectivity index (χ2v) is 4.92. The zero-order valence-corrected chi connectivity index (χ0v) is 12.1. The Morgan fingerprint density at radius 1 is 1.05 bits per heavy atom. The van der Waals surface area contributed by atoms with Crippen LogP contribution in [0, 0.1) is 17.5 Å². The SMILES string of the molecule is O=C(COc1ccc(F)cc1Br)Nc1cc(F)cc(F)c1. The third-order valence-electron chi connectivity index (χ3n) is 2.40. The maximum absolute atomic E-state index is 13.0. The molecule has 2 rings (SSSR count). The van der Waals surface area contributed by atoms with E-state index in [4.69, 9.17) is 4.74 Å². The summed E-state index contributed by atoms with van der Waals surface area (Å²) in [6, 6.07) is 6.38. The molecule has 0 heterocycles. The molecule has 0 saturated carbocycles. The van der Waals surface area contributed by atoms with E-state index in [9.17, 15) is 18.0 Å². The first-order valence-corrected chi connectivity index (χ1v) is 6.57. The molecule has 0 unspecified atom stereocenters. The molecule has 110 valence electrons. The number of anilines is 1. The summed E-state index contributed by atoms with van der Waals surface area (Å²) in [5, 5.41) is 2.29. The molecule has 0 aliphatic rings. The number of carbonyl (C=O) groups excluding carboxylic acids is 1. The summed E-state index contributed by atoms with van der Waals surface area (Å²) in [6.07, 6.45) is 0. The van der Waals surface area contributed by atoms with Crippen LogP contribution in [0.2, 0.25) is 0 Å². The molecule has 7 heteroatoms. The summed E-state index contributed by atoms with van der Waals surface area (Å²) in [5.74, 6) is -2.37. The minimum Gasteiger partial charge on any atom is -0.483 e. The molecule has 0 spiro atoms. The molecule has 2 aromatic carbocycles. The first kappa shape index (κ1) is 15.4. The van der Waals surface area contributed by atoms with Gasteiger partial charge in [-0.2, -0.15) is 0 Å². The van der Waals surface area contributed by atoms with Gasteiger partial charge in [-0.15, -0.1) is 0 Å². The first-order chi connectivity index (χ1) is 9.94. The van der Waals surface area contributed by atoms with Crippen LogP contribution in [-0.4, -0.2) is 12.5 Å². The Labute approximate surface area is 126 Å². The van der Waals surface area contributed by atoms with E-state index in [1.807, 2.05) is 0 Å². The Kier molecular flexibility index (Phi) is 4.85. The van der Waals surface area contributed by atoms with Gasteiger partial charge in [-0.25, -0.2) is 13.2 Å². The monoisotopic (exact) mass is 359 g/mol. The van der Waals surface area contributed by atoms with Gasteiger partial charge in [0.25, 0.3) is 5.91 Å². The van der Waals surface area contributed by atoms with Gasteiger partial charge in [0.1, 0.15) is 23.2 Å². The van der Waals surface area contributed by atoms with Crippen molar-refractivity contribution in [3.63, 3.8) is 0 Å². The molecule has 0 atom stereocenters. The highest BCUT2D eigenvalue weighted by molar-refractivity contribution is 9.10. The lowest BCUT2D eigenvalue weighted by Crippen LogP contribution is -2.20. The summed E-state index contributed by atoms with van der Waals surface area (Å²) in [7, 11) is 0. The maximum Gasteiger partial charge on any atom is 0.262 e. The predicted molar refractivity (Wildman–Crippen MR) is 74.6 cm³/mol. The minimum absolute atomic E-state index is 0.0146. The second kappa shape index (κ2) is 6.62. The largest absolute Gasteiger partial charge is 0.483 e. The van der Waals surface area contributed by atoms with Crippen molar-refractivity contribution in [1.82, 2.24) is 0 Å². The highest BCUT2D eigenvalue weighted by Crippen LogP contribution is 2.25. The Morgan fingerprint density at radius 2 is 1.71 bits per heavy atom. The normalized spacial score (nSPS) is 10.3. The van der Waals surface area contributed by atoms with Crippen molar-refractivity contribution in [1.29, 1.82) is 0 Å². The summed E-state index contributed by atoms with van der Waals surface area (Å²) >= 11 is 3.09. The molecular formula is C14H9BrF3NO2. The molecule has 3 nitrogen and oxygen atoms in total. The molecule has 0 saturated heterocycles. The van der Waals surface area contributed by atoms with E-state index in [0.29, 0.717) is 10.5 Å². The van der Waals surface area contributed by atoms with Crippen LogP contribution in [0.4, 0.5) is 18.9 Å². The average molecular weight is 360 g/mol. The number of halogens is 4. The summed E-state index contributed by atoms with van der Waals surface area (Å²) < 4.78 is 44.3. The Hall–Kier alpha value is -2.02. The Balaban J connectivity index is 1.95. The topological polar surface area (TPSA) is 38.3 Å². The van der Waals surface area contributed by atoms with Crippen molar-refractivity contribution in [3.8, 4) is 5.75 Å². The van der Waals surface area contributed by atoms with Gasteiger partial charge in [0, 0.05) is 11.8 Å². The van der Waals surface area contributed by atoms with Crippen LogP contribution in [0.1, 0.15) is 0 Å². The number of nitrogens with one attached hydrogen (secondary N) is 1. The van der Waals surface area contributed by atoms with Gasteiger partial charge in [0.2, 0.25) is 0 Å². The third kappa shape index (κ3) is 4.49. The molecule has 1 amide bonds. The van der Waals surface area contributed by atoms with E-state index in [1.54, 1.807) is 0 Å². The van der Waals surface area contributed by atoms with E-state index in [0.717, 1.165) is 12.1 Å². The fraction of sp³-hybridized carbons (Fsp3) is 0.0714. The van der Waals surface area contributed by atoms with Gasteiger partial charge >= 0.3 is 0 Å². The second-order valence-electron chi connectivity index (χ2n) is 4.07. The Morgan fingerprint density at radius 3 is 2.33 bits per heavy atom. The van der Waals surface area contributed by atoms with Crippen molar-refractivity contribution in [2.24, 2.45) is 0 Å². The molecule has 0 aromatic heterocycles. The lowest BCUT2D eigenvalue weighted by Gasteiger charge is -2.09. The van der Waals surface area contributed by atoms with E-state index in [-0.39, 0.29) is 18.0 Å². The molecule has 0 aliphatic heterocycles.